The molecule has 2 N–H and O–H groups in total. The molecule has 0 bridgehead atoms. The maximum Gasteiger partial charge on any atom is 0.497 e. The molecule has 3 nitrogen and oxygen atoms in total. The van der Waals surface area contributed by atoms with E-state index >= 15 is 0 Å². The maximum absolute atomic E-state index is 6.31. The lowest BCUT2D eigenvalue weighted by atomic mass is 9.76. The normalized spacial score (nSPS) is 28.7. The Balaban J connectivity index is 1.97. The smallest absolute Gasteiger partial charge is 0.399 e. The van der Waals surface area contributed by atoms with Crippen molar-refractivity contribution in [3.63, 3.8) is 0 Å². The third kappa shape index (κ3) is 1.99. The van der Waals surface area contributed by atoms with E-state index in [1.165, 1.54) is 17.5 Å². The number of aryl methyl sites for hydroxylation is 1. The minimum Gasteiger partial charge on any atom is -0.399 e. The third-order valence-corrected chi connectivity index (χ3v) is 5.11. The predicted molar refractivity (Wildman–Crippen MR) is 81.9 cm³/mol. The first-order valence-electron chi connectivity index (χ1n) is 6.80. The van der Waals surface area contributed by atoms with Gasteiger partial charge in [-0.2, -0.15) is 0 Å². The van der Waals surface area contributed by atoms with Crippen LogP contribution < -0.4 is 11.2 Å². The second kappa shape index (κ2) is 4.17. The highest BCUT2D eigenvalue weighted by atomic mass is 32.1. The van der Waals surface area contributed by atoms with Crippen LogP contribution in [0, 0.1) is 0 Å². The van der Waals surface area contributed by atoms with Crippen LogP contribution in [0.25, 0.3) is 0 Å². The van der Waals surface area contributed by atoms with Crippen LogP contribution in [0.4, 0.5) is 5.69 Å². The summed E-state index contributed by atoms with van der Waals surface area (Å²) in [4.78, 5) is -0.622. The van der Waals surface area contributed by atoms with Gasteiger partial charge in [-0.05, 0) is 51.2 Å². The molecule has 3 rings (SSSR count). The highest BCUT2D eigenvalue weighted by molar-refractivity contribution is 7.81. The zero-order chi connectivity index (χ0) is 13.8. The molecule has 0 saturated carbocycles. The van der Waals surface area contributed by atoms with Gasteiger partial charge in [0.2, 0.25) is 0 Å². The summed E-state index contributed by atoms with van der Waals surface area (Å²) in [6, 6.07) is 4.19. The van der Waals surface area contributed by atoms with Crippen LogP contribution in [-0.4, -0.2) is 17.7 Å². The van der Waals surface area contributed by atoms with E-state index in [0.717, 1.165) is 24.0 Å². The number of thiol groups is 1. The first-order valence-corrected chi connectivity index (χ1v) is 7.25. The Labute approximate surface area is 120 Å². The number of hydrogen-bond acceptors (Lipinski definition) is 4. The van der Waals surface area contributed by atoms with E-state index in [-0.39, 0.29) is 0 Å². The molecule has 1 aliphatic heterocycles. The fourth-order valence-corrected chi connectivity index (χ4v) is 2.95. The van der Waals surface area contributed by atoms with Gasteiger partial charge in [0.05, 0.1) is 5.60 Å². The van der Waals surface area contributed by atoms with Crippen molar-refractivity contribution in [1.29, 1.82) is 0 Å². The van der Waals surface area contributed by atoms with Crippen molar-refractivity contribution < 1.29 is 9.31 Å². The van der Waals surface area contributed by atoms with Crippen LogP contribution >= 0.6 is 12.6 Å². The summed E-state index contributed by atoms with van der Waals surface area (Å²) in [5.74, 6) is 0. The summed E-state index contributed by atoms with van der Waals surface area (Å²) in [5.41, 5.74) is 10.3. The van der Waals surface area contributed by atoms with Crippen molar-refractivity contribution >= 4 is 30.9 Å². The van der Waals surface area contributed by atoms with Crippen molar-refractivity contribution in [2.24, 2.45) is 0 Å². The summed E-state index contributed by atoms with van der Waals surface area (Å²) >= 11 is 4.57. The number of anilines is 1. The SMILES string of the molecule is CC1(C)OB(c2ccc3c(c2N)CCC3)OC1(C)S. The Morgan fingerprint density at radius 2 is 1.95 bits per heavy atom. The summed E-state index contributed by atoms with van der Waals surface area (Å²) in [6.07, 6.45) is 3.37. The predicted octanol–water partition coefficient (Wildman–Crippen LogP) is 1.92. The molecule has 1 aromatic carbocycles. The zero-order valence-electron chi connectivity index (χ0n) is 11.7. The number of rotatable bonds is 1. The molecule has 1 unspecified atom stereocenters. The second-order valence-electron chi connectivity index (χ2n) is 6.12. The Bertz CT molecular complexity index is 514. The lowest BCUT2D eigenvalue weighted by Gasteiger charge is -2.31. The second-order valence-corrected chi connectivity index (χ2v) is 6.97. The monoisotopic (exact) mass is 277 g/mol. The van der Waals surface area contributed by atoms with Gasteiger partial charge >= 0.3 is 7.12 Å². The van der Waals surface area contributed by atoms with Gasteiger partial charge in [-0.1, -0.05) is 12.1 Å². The molecule has 1 aliphatic carbocycles. The summed E-state index contributed by atoms with van der Waals surface area (Å²) in [7, 11) is -0.427. The molecule has 0 radical (unpaired) electrons. The summed E-state index contributed by atoms with van der Waals surface area (Å²) < 4.78 is 12.0. The van der Waals surface area contributed by atoms with E-state index in [9.17, 15) is 0 Å². The van der Waals surface area contributed by atoms with Crippen LogP contribution in [0.5, 0.6) is 0 Å². The zero-order valence-corrected chi connectivity index (χ0v) is 12.6. The maximum atomic E-state index is 6.31. The van der Waals surface area contributed by atoms with Crippen molar-refractivity contribution in [3.05, 3.63) is 23.3 Å². The third-order valence-electron chi connectivity index (χ3n) is 4.47. The summed E-state index contributed by atoms with van der Waals surface area (Å²) in [6.45, 7) is 5.91. The highest BCUT2D eigenvalue weighted by Gasteiger charge is 2.53. The topological polar surface area (TPSA) is 44.5 Å². The van der Waals surface area contributed by atoms with Crippen LogP contribution in [0.1, 0.15) is 38.3 Å². The average Bonchev–Trinajstić information content (AvgIpc) is 2.83. The van der Waals surface area contributed by atoms with Crippen LogP contribution in [-0.2, 0) is 22.2 Å². The molecular formula is C14H20BNO2S. The van der Waals surface area contributed by atoms with Crippen molar-refractivity contribution in [2.75, 3.05) is 5.73 Å². The highest BCUT2D eigenvalue weighted by Crippen LogP contribution is 2.40. The van der Waals surface area contributed by atoms with Crippen LogP contribution in [0.15, 0.2) is 12.1 Å². The number of hydrogen-bond donors (Lipinski definition) is 2. The first kappa shape index (κ1) is 13.3. The summed E-state index contributed by atoms with van der Waals surface area (Å²) in [5, 5.41) is 0. The van der Waals surface area contributed by atoms with Gasteiger partial charge in [0.25, 0.3) is 0 Å². The molecule has 102 valence electrons. The molecular weight excluding hydrogens is 257 g/mol. The van der Waals surface area contributed by atoms with Crippen LogP contribution in [0.3, 0.4) is 0 Å². The molecule has 1 atom stereocenters. The van der Waals surface area contributed by atoms with E-state index < -0.39 is 17.7 Å². The van der Waals surface area contributed by atoms with Gasteiger partial charge in [-0.3, -0.25) is 0 Å². The number of benzene rings is 1. The Morgan fingerprint density at radius 1 is 1.21 bits per heavy atom. The van der Waals surface area contributed by atoms with E-state index in [2.05, 4.69) is 18.7 Å². The lowest BCUT2D eigenvalue weighted by molar-refractivity contribution is 0.0619. The van der Waals surface area contributed by atoms with E-state index in [1.54, 1.807) is 0 Å². The van der Waals surface area contributed by atoms with Gasteiger partial charge in [0.1, 0.15) is 4.93 Å². The van der Waals surface area contributed by atoms with E-state index in [1.807, 2.05) is 26.8 Å². The van der Waals surface area contributed by atoms with Crippen molar-refractivity contribution in [2.45, 2.75) is 50.6 Å². The molecule has 1 saturated heterocycles. The van der Waals surface area contributed by atoms with E-state index in [0.29, 0.717) is 0 Å². The molecule has 0 aromatic heterocycles. The lowest BCUT2D eigenvalue weighted by Crippen LogP contribution is -2.39. The fraction of sp³-hybridized carbons (Fsp3) is 0.571. The molecule has 19 heavy (non-hydrogen) atoms. The number of nitrogen functional groups attached to an aromatic ring is 1. The largest absolute Gasteiger partial charge is 0.497 e. The van der Waals surface area contributed by atoms with Crippen molar-refractivity contribution in [1.82, 2.24) is 0 Å². The van der Waals surface area contributed by atoms with Crippen molar-refractivity contribution in [3.8, 4) is 0 Å². The Morgan fingerprint density at radius 3 is 2.58 bits per heavy atom. The van der Waals surface area contributed by atoms with Crippen LogP contribution in [0.2, 0.25) is 0 Å². The minimum atomic E-state index is -0.622. The molecule has 1 fully saturated rings. The van der Waals surface area contributed by atoms with E-state index in [4.69, 9.17) is 15.0 Å². The molecule has 0 amide bonds. The number of nitrogens with two attached hydrogens (primary N) is 1. The Hall–Kier alpha value is -0.645. The molecule has 5 heteroatoms. The molecule has 0 spiro atoms. The molecule has 2 aliphatic rings. The quantitative estimate of drug-likeness (QED) is 0.468. The van der Waals surface area contributed by atoms with Gasteiger partial charge < -0.3 is 15.0 Å². The Kier molecular flexibility index (Phi) is 2.93. The van der Waals surface area contributed by atoms with Gasteiger partial charge in [-0.25, -0.2) is 0 Å². The van der Waals surface area contributed by atoms with Gasteiger partial charge in [0.15, 0.2) is 0 Å². The average molecular weight is 277 g/mol. The minimum absolute atomic E-state index is 0.427. The molecule has 1 aromatic rings. The van der Waals surface area contributed by atoms with Gasteiger partial charge in [0, 0.05) is 11.2 Å². The standard InChI is InChI=1S/C14H20BNO2S/c1-13(2)14(3,19)18-15(17-13)11-8-7-9-5-4-6-10(9)12(11)16/h7-8,19H,4-6,16H2,1-3H3. The fourth-order valence-electron chi connectivity index (χ4n) is 2.80. The number of fused-ring (bicyclic) bond motifs is 1. The van der Waals surface area contributed by atoms with Gasteiger partial charge in [-0.15, -0.1) is 12.6 Å². The molecule has 1 heterocycles. The first-order chi connectivity index (χ1) is 8.82.